The van der Waals surface area contributed by atoms with Gasteiger partial charge in [-0.05, 0) is 84.9 Å². The maximum absolute atomic E-state index is 12.7. The number of fused-ring (bicyclic) bond motifs is 1. The van der Waals surface area contributed by atoms with Crippen molar-refractivity contribution >= 4 is 34.3 Å². The molecular weight excluding hydrogens is 472 g/mol. The van der Waals surface area contributed by atoms with Crippen LogP contribution in [0.15, 0.2) is 106 Å². The zero-order valence-electron chi connectivity index (χ0n) is 19.3. The predicted octanol–water partition coefficient (Wildman–Crippen LogP) is 5.06. The van der Waals surface area contributed by atoms with Crippen LogP contribution >= 0.6 is 0 Å². The monoisotopic (exact) mass is 492 g/mol. The zero-order chi connectivity index (χ0) is 25.9. The van der Waals surface area contributed by atoms with Crippen molar-refractivity contribution in [3.8, 4) is 22.8 Å². The second-order valence-corrected chi connectivity index (χ2v) is 8.18. The Bertz CT molecular complexity index is 1670. The number of esters is 2. The molecule has 0 fully saturated rings. The highest BCUT2D eigenvalue weighted by Crippen LogP contribution is 2.27. The molecular formula is C29H20N2O6. The summed E-state index contributed by atoms with van der Waals surface area (Å²) in [5.74, 6) is -0.242. The van der Waals surface area contributed by atoms with Gasteiger partial charge < -0.3 is 25.4 Å². The van der Waals surface area contributed by atoms with E-state index in [1.165, 1.54) is 24.3 Å². The maximum atomic E-state index is 12.7. The first-order chi connectivity index (χ1) is 17.9. The number of benzene rings is 4. The van der Waals surface area contributed by atoms with Gasteiger partial charge in [0.15, 0.2) is 5.43 Å². The van der Waals surface area contributed by atoms with Gasteiger partial charge in [0.2, 0.25) is 0 Å². The minimum absolute atomic E-state index is 0.222. The lowest BCUT2D eigenvalue weighted by Crippen LogP contribution is -2.09. The van der Waals surface area contributed by atoms with Gasteiger partial charge in [0, 0.05) is 29.1 Å². The fourth-order valence-corrected chi connectivity index (χ4v) is 3.60. The van der Waals surface area contributed by atoms with Crippen LogP contribution < -0.4 is 26.4 Å². The lowest BCUT2D eigenvalue weighted by Gasteiger charge is -2.08. The fourth-order valence-electron chi connectivity index (χ4n) is 3.60. The maximum Gasteiger partial charge on any atom is 0.343 e. The highest BCUT2D eigenvalue weighted by atomic mass is 16.5. The van der Waals surface area contributed by atoms with Crippen LogP contribution in [0.3, 0.4) is 0 Å². The van der Waals surface area contributed by atoms with Gasteiger partial charge in [-0.15, -0.1) is 0 Å². The quantitative estimate of drug-likeness (QED) is 0.197. The van der Waals surface area contributed by atoms with Crippen LogP contribution in [0.1, 0.15) is 20.7 Å². The van der Waals surface area contributed by atoms with E-state index in [1.807, 2.05) is 0 Å². The molecule has 4 aromatic carbocycles. The van der Waals surface area contributed by atoms with Crippen molar-refractivity contribution in [3.63, 3.8) is 0 Å². The highest BCUT2D eigenvalue weighted by molar-refractivity contribution is 5.92. The first-order valence-corrected chi connectivity index (χ1v) is 11.2. The molecule has 0 bridgehead atoms. The Morgan fingerprint density at radius 2 is 1.14 bits per heavy atom. The first kappa shape index (κ1) is 23.4. The molecule has 1 aromatic heterocycles. The average Bonchev–Trinajstić information content (AvgIpc) is 2.89. The van der Waals surface area contributed by atoms with Gasteiger partial charge in [-0.2, -0.15) is 0 Å². The fraction of sp³-hybridized carbons (Fsp3) is 0. The van der Waals surface area contributed by atoms with Crippen LogP contribution in [0.5, 0.6) is 11.5 Å². The van der Waals surface area contributed by atoms with Crippen LogP contribution in [0, 0.1) is 0 Å². The van der Waals surface area contributed by atoms with E-state index in [2.05, 4.69) is 0 Å². The molecule has 0 saturated heterocycles. The Morgan fingerprint density at radius 1 is 0.622 bits per heavy atom. The van der Waals surface area contributed by atoms with E-state index in [0.717, 1.165) is 0 Å². The van der Waals surface area contributed by atoms with Crippen molar-refractivity contribution in [3.05, 3.63) is 118 Å². The lowest BCUT2D eigenvalue weighted by atomic mass is 10.1. The number of ether oxygens (including phenoxy) is 2. The second kappa shape index (κ2) is 9.71. The van der Waals surface area contributed by atoms with E-state index in [1.54, 1.807) is 72.8 Å². The van der Waals surface area contributed by atoms with E-state index < -0.39 is 11.9 Å². The molecule has 182 valence electrons. The number of hydrogen-bond donors (Lipinski definition) is 2. The number of hydrogen-bond acceptors (Lipinski definition) is 8. The summed E-state index contributed by atoms with van der Waals surface area (Å²) < 4.78 is 16.8. The van der Waals surface area contributed by atoms with Crippen molar-refractivity contribution in [2.24, 2.45) is 0 Å². The van der Waals surface area contributed by atoms with E-state index in [4.69, 9.17) is 25.4 Å². The van der Waals surface area contributed by atoms with E-state index in [0.29, 0.717) is 45.0 Å². The lowest BCUT2D eigenvalue weighted by molar-refractivity contribution is 0.0725. The van der Waals surface area contributed by atoms with Gasteiger partial charge in [-0.3, -0.25) is 4.79 Å². The number of nitrogen functional groups attached to an aromatic ring is 2. The number of carbonyl (C=O) groups is 2. The number of anilines is 2. The minimum Gasteiger partial charge on any atom is -0.456 e. The number of rotatable bonds is 5. The van der Waals surface area contributed by atoms with E-state index in [-0.39, 0.29) is 16.8 Å². The summed E-state index contributed by atoms with van der Waals surface area (Å²) in [7, 11) is 0. The molecule has 8 nitrogen and oxygen atoms in total. The van der Waals surface area contributed by atoms with Gasteiger partial charge in [0.25, 0.3) is 0 Å². The largest absolute Gasteiger partial charge is 0.456 e. The zero-order valence-corrected chi connectivity index (χ0v) is 19.3. The van der Waals surface area contributed by atoms with Crippen LogP contribution in [0.4, 0.5) is 11.4 Å². The minimum atomic E-state index is -0.568. The molecule has 5 rings (SSSR count). The molecule has 1 heterocycles. The second-order valence-electron chi connectivity index (χ2n) is 8.18. The molecule has 8 heteroatoms. The third kappa shape index (κ3) is 5.18. The van der Waals surface area contributed by atoms with Gasteiger partial charge >= 0.3 is 11.9 Å². The number of nitrogens with two attached hydrogens (primary N) is 2. The Balaban J connectivity index is 1.36. The van der Waals surface area contributed by atoms with Crippen LogP contribution in [-0.4, -0.2) is 11.9 Å². The standard InChI is InChI=1S/C29H20N2O6/c30-20-7-1-18(2-8-20)28(33)35-22-11-5-17(6-12-22)26-16-25(32)24-14-13-23(15-27(24)37-26)36-29(34)19-3-9-21(31)10-4-19/h1-16H,30-31H2. The predicted molar refractivity (Wildman–Crippen MR) is 140 cm³/mol. The van der Waals surface area contributed by atoms with Gasteiger partial charge in [-0.25, -0.2) is 9.59 Å². The molecule has 0 aliphatic heterocycles. The molecule has 0 aliphatic carbocycles. The summed E-state index contributed by atoms with van der Waals surface area (Å²) in [6.45, 7) is 0. The molecule has 0 saturated carbocycles. The molecule has 4 N–H and O–H groups in total. The van der Waals surface area contributed by atoms with Crippen LogP contribution in [0.25, 0.3) is 22.3 Å². The highest BCUT2D eigenvalue weighted by Gasteiger charge is 2.13. The summed E-state index contributed by atoms with van der Waals surface area (Å²) in [5, 5.41) is 0.338. The molecule has 0 aliphatic rings. The van der Waals surface area contributed by atoms with Crippen molar-refractivity contribution in [1.29, 1.82) is 0 Å². The molecule has 0 unspecified atom stereocenters. The summed E-state index contributed by atoms with van der Waals surface area (Å²) >= 11 is 0. The molecule has 0 amide bonds. The third-order valence-corrected chi connectivity index (χ3v) is 5.55. The first-order valence-electron chi connectivity index (χ1n) is 11.2. The topological polar surface area (TPSA) is 135 Å². The number of carbonyl (C=O) groups excluding carboxylic acids is 2. The Kier molecular flexibility index (Phi) is 6.13. The molecule has 0 radical (unpaired) electrons. The Hall–Kier alpha value is -5.37. The Labute approximate surface area is 210 Å². The normalized spacial score (nSPS) is 10.7. The molecule has 37 heavy (non-hydrogen) atoms. The van der Waals surface area contributed by atoms with E-state index in [9.17, 15) is 14.4 Å². The van der Waals surface area contributed by atoms with Crippen molar-refractivity contribution < 1.29 is 23.5 Å². The third-order valence-electron chi connectivity index (χ3n) is 5.55. The molecule has 0 spiro atoms. The van der Waals surface area contributed by atoms with Crippen molar-refractivity contribution in [2.75, 3.05) is 11.5 Å². The van der Waals surface area contributed by atoms with Gasteiger partial charge in [-0.1, -0.05) is 0 Å². The smallest absolute Gasteiger partial charge is 0.343 e. The van der Waals surface area contributed by atoms with Crippen LogP contribution in [0.2, 0.25) is 0 Å². The summed E-state index contributed by atoms with van der Waals surface area (Å²) in [4.78, 5) is 37.4. The van der Waals surface area contributed by atoms with Crippen molar-refractivity contribution in [1.82, 2.24) is 0 Å². The van der Waals surface area contributed by atoms with Gasteiger partial charge in [0.05, 0.1) is 16.5 Å². The summed E-state index contributed by atoms with van der Waals surface area (Å²) in [5.41, 5.74) is 13.7. The Morgan fingerprint density at radius 3 is 1.70 bits per heavy atom. The van der Waals surface area contributed by atoms with E-state index >= 15 is 0 Å². The van der Waals surface area contributed by atoms with Crippen LogP contribution in [-0.2, 0) is 0 Å². The SMILES string of the molecule is Nc1ccc(C(=O)Oc2ccc(-c3cc(=O)c4ccc(OC(=O)c5ccc(N)cc5)cc4o3)cc2)cc1. The molecule has 0 atom stereocenters. The summed E-state index contributed by atoms with van der Waals surface area (Å²) in [6.07, 6.45) is 0. The summed E-state index contributed by atoms with van der Waals surface area (Å²) in [6, 6.07) is 25.2. The van der Waals surface area contributed by atoms with Gasteiger partial charge in [0.1, 0.15) is 22.8 Å². The molecule has 5 aromatic rings. The van der Waals surface area contributed by atoms with Crippen molar-refractivity contribution in [2.45, 2.75) is 0 Å². The average molecular weight is 492 g/mol.